The van der Waals surface area contributed by atoms with E-state index in [2.05, 4.69) is 43.1 Å². The first kappa shape index (κ1) is 13.6. The molecule has 0 amide bonds. The molecule has 3 heteroatoms. The molecule has 0 aromatic carbocycles. The highest BCUT2D eigenvalue weighted by Crippen LogP contribution is 2.24. The van der Waals surface area contributed by atoms with Gasteiger partial charge >= 0.3 is 0 Å². The van der Waals surface area contributed by atoms with E-state index >= 15 is 0 Å². The van der Waals surface area contributed by atoms with Crippen molar-refractivity contribution in [3.63, 3.8) is 0 Å². The zero-order valence-electron chi connectivity index (χ0n) is 12.1. The van der Waals surface area contributed by atoms with Crippen LogP contribution in [0.25, 0.3) is 0 Å². The molecule has 1 atom stereocenters. The average molecular weight is 250 g/mol. The molecule has 0 saturated carbocycles. The van der Waals surface area contributed by atoms with E-state index in [1.54, 1.807) is 0 Å². The fourth-order valence-electron chi connectivity index (χ4n) is 2.80. The molecule has 3 nitrogen and oxygen atoms in total. The monoisotopic (exact) mass is 250 g/mol. The lowest BCUT2D eigenvalue weighted by Gasteiger charge is -2.46. The molecule has 2 heterocycles. The van der Waals surface area contributed by atoms with Crippen molar-refractivity contribution < 1.29 is 4.42 Å². The smallest absolute Gasteiger partial charge is 0.118 e. The van der Waals surface area contributed by atoms with Gasteiger partial charge in [0.05, 0.1) is 6.54 Å². The number of aryl methyl sites for hydroxylation is 1. The zero-order chi connectivity index (χ0) is 13.2. The second-order valence-electron chi connectivity index (χ2n) is 5.63. The first-order valence-corrected chi connectivity index (χ1v) is 7.13. The molecule has 0 aliphatic carbocycles. The Morgan fingerprint density at radius 1 is 1.39 bits per heavy atom. The molecule has 1 aliphatic heterocycles. The summed E-state index contributed by atoms with van der Waals surface area (Å²) in [5, 5.41) is 3.73. The fourth-order valence-corrected chi connectivity index (χ4v) is 2.80. The van der Waals surface area contributed by atoms with Crippen LogP contribution in [0.3, 0.4) is 0 Å². The lowest BCUT2D eigenvalue weighted by atomic mass is 9.88. The SMILES string of the molecule is CCC1(CC)CN(Cc2ccc(C)o2)C(C)CN1. The van der Waals surface area contributed by atoms with Crippen LogP contribution in [0, 0.1) is 6.92 Å². The van der Waals surface area contributed by atoms with Crippen molar-refractivity contribution in [1.29, 1.82) is 0 Å². The molecule has 18 heavy (non-hydrogen) atoms. The lowest BCUT2D eigenvalue weighted by molar-refractivity contribution is 0.0687. The fraction of sp³-hybridized carbons (Fsp3) is 0.733. The van der Waals surface area contributed by atoms with Crippen LogP contribution in [0.1, 0.15) is 45.1 Å². The maximum atomic E-state index is 5.71. The Kier molecular flexibility index (Phi) is 4.13. The van der Waals surface area contributed by atoms with Gasteiger partial charge in [0.2, 0.25) is 0 Å². The predicted octanol–water partition coefficient (Wildman–Crippen LogP) is 2.94. The van der Waals surface area contributed by atoms with Crippen molar-refractivity contribution in [1.82, 2.24) is 10.2 Å². The first-order valence-electron chi connectivity index (χ1n) is 7.13. The van der Waals surface area contributed by atoms with Crippen molar-refractivity contribution in [2.45, 2.75) is 58.7 Å². The summed E-state index contributed by atoms with van der Waals surface area (Å²) in [6.45, 7) is 12.0. The average Bonchev–Trinajstić information content (AvgIpc) is 2.78. The van der Waals surface area contributed by atoms with Crippen molar-refractivity contribution in [2.24, 2.45) is 0 Å². The third-order valence-electron chi connectivity index (χ3n) is 4.41. The number of hydrogen-bond acceptors (Lipinski definition) is 3. The maximum Gasteiger partial charge on any atom is 0.118 e. The van der Waals surface area contributed by atoms with Crippen LogP contribution in [0.15, 0.2) is 16.5 Å². The topological polar surface area (TPSA) is 28.4 Å². The molecule has 102 valence electrons. The van der Waals surface area contributed by atoms with E-state index < -0.39 is 0 Å². The molecule has 1 unspecified atom stereocenters. The van der Waals surface area contributed by atoms with Gasteiger partial charge < -0.3 is 9.73 Å². The lowest BCUT2D eigenvalue weighted by Crippen LogP contribution is -2.62. The van der Waals surface area contributed by atoms with Gasteiger partial charge in [-0.25, -0.2) is 0 Å². The van der Waals surface area contributed by atoms with Gasteiger partial charge in [-0.2, -0.15) is 0 Å². The van der Waals surface area contributed by atoms with Crippen LogP contribution in [0.5, 0.6) is 0 Å². The molecule has 0 spiro atoms. The van der Waals surface area contributed by atoms with Crippen LogP contribution < -0.4 is 5.32 Å². The van der Waals surface area contributed by atoms with Crippen molar-refractivity contribution in [3.8, 4) is 0 Å². The van der Waals surface area contributed by atoms with E-state index in [1.807, 2.05) is 6.92 Å². The Bertz CT molecular complexity index is 382. The van der Waals surface area contributed by atoms with Gasteiger partial charge in [0, 0.05) is 24.7 Å². The summed E-state index contributed by atoms with van der Waals surface area (Å²) in [5.41, 5.74) is 0.286. The third-order valence-corrected chi connectivity index (χ3v) is 4.41. The number of nitrogens with zero attached hydrogens (tertiary/aromatic N) is 1. The number of rotatable bonds is 4. The maximum absolute atomic E-state index is 5.71. The molecule has 2 rings (SSSR count). The van der Waals surface area contributed by atoms with E-state index in [0.29, 0.717) is 6.04 Å². The van der Waals surface area contributed by atoms with Gasteiger partial charge in [-0.3, -0.25) is 4.90 Å². The highest BCUT2D eigenvalue weighted by Gasteiger charge is 2.35. The molecule has 1 saturated heterocycles. The highest BCUT2D eigenvalue weighted by molar-refractivity contribution is 5.06. The van der Waals surface area contributed by atoms with Crippen molar-refractivity contribution >= 4 is 0 Å². The molecule has 1 aromatic rings. The largest absolute Gasteiger partial charge is 0.465 e. The summed E-state index contributed by atoms with van der Waals surface area (Å²) in [7, 11) is 0. The van der Waals surface area contributed by atoms with Gasteiger partial charge in [0.15, 0.2) is 0 Å². The zero-order valence-corrected chi connectivity index (χ0v) is 12.1. The Hall–Kier alpha value is -0.800. The molecule has 1 aliphatic rings. The van der Waals surface area contributed by atoms with Crippen molar-refractivity contribution in [3.05, 3.63) is 23.7 Å². The second kappa shape index (κ2) is 5.45. The van der Waals surface area contributed by atoms with E-state index in [-0.39, 0.29) is 5.54 Å². The van der Waals surface area contributed by atoms with Gasteiger partial charge in [-0.05, 0) is 38.8 Å². The minimum absolute atomic E-state index is 0.286. The quantitative estimate of drug-likeness (QED) is 0.890. The van der Waals surface area contributed by atoms with Crippen LogP contribution in [0.2, 0.25) is 0 Å². The van der Waals surface area contributed by atoms with Gasteiger partial charge in [0.1, 0.15) is 11.5 Å². The predicted molar refractivity (Wildman–Crippen MR) is 74.6 cm³/mol. The Morgan fingerprint density at radius 3 is 2.67 bits per heavy atom. The highest BCUT2D eigenvalue weighted by atomic mass is 16.3. The van der Waals surface area contributed by atoms with Gasteiger partial charge in [0.25, 0.3) is 0 Å². The van der Waals surface area contributed by atoms with Gasteiger partial charge in [-0.1, -0.05) is 13.8 Å². The summed E-state index contributed by atoms with van der Waals surface area (Å²) in [4.78, 5) is 2.54. The van der Waals surface area contributed by atoms with Crippen LogP contribution in [-0.4, -0.2) is 29.6 Å². The van der Waals surface area contributed by atoms with Crippen molar-refractivity contribution in [2.75, 3.05) is 13.1 Å². The van der Waals surface area contributed by atoms with E-state index in [9.17, 15) is 0 Å². The number of furan rings is 1. The molecule has 1 fully saturated rings. The molecule has 1 N–H and O–H groups in total. The molecular formula is C15H26N2O. The summed E-state index contributed by atoms with van der Waals surface area (Å²) in [5.74, 6) is 2.09. The standard InChI is InChI=1S/C15H26N2O/c1-5-15(6-2)11-17(12(3)9-16-15)10-14-8-7-13(4)18-14/h7-8,12,16H,5-6,9-11H2,1-4H3. The molecule has 0 radical (unpaired) electrons. The molecule has 0 bridgehead atoms. The summed E-state index contributed by atoms with van der Waals surface area (Å²) in [6.07, 6.45) is 2.37. The number of hydrogen-bond donors (Lipinski definition) is 1. The van der Waals surface area contributed by atoms with Crippen LogP contribution >= 0.6 is 0 Å². The number of piperazine rings is 1. The minimum Gasteiger partial charge on any atom is -0.465 e. The van der Waals surface area contributed by atoms with E-state index in [1.165, 1.54) is 12.8 Å². The summed E-state index contributed by atoms with van der Waals surface area (Å²) >= 11 is 0. The van der Waals surface area contributed by atoms with Gasteiger partial charge in [-0.15, -0.1) is 0 Å². The Balaban J connectivity index is 2.05. The molecule has 1 aromatic heterocycles. The minimum atomic E-state index is 0.286. The summed E-state index contributed by atoms with van der Waals surface area (Å²) in [6, 6.07) is 4.72. The van der Waals surface area contributed by atoms with Crippen LogP contribution in [0.4, 0.5) is 0 Å². The second-order valence-corrected chi connectivity index (χ2v) is 5.63. The third kappa shape index (κ3) is 2.78. The Morgan fingerprint density at radius 2 is 2.11 bits per heavy atom. The Labute approximate surface area is 111 Å². The summed E-state index contributed by atoms with van der Waals surface area (Å²) < 4.78 is 5.71. The normalized spacial score (nSPS) is 24.3. The first-order chi connectivity index (χ1) is 8.58. The number of nitrogens with one attached hydrogen (secondary N) is 1. The van der Waals surface area contributed by atoms with E-state index in [0.717, 1.165) is 31.2 Å². The molecular weight excluding hydrogens is 224 g/mol. The van der Waals surface area contributed by atoms with Crippen LogP contribution in [-0.2, 0) is 6.54 Å². The van der Waals surface area contributed by atoms with E-state index in [4.69, 9.17) is 4.42 Å².